The van der Waals surface area contributed by atoms with Crippen LogP contribution in [0.3, 0.4) is 0 Å². The van der Waals surface area contributed by atoms with Crippen LogP contribution in [0.4, 0.5) is 0 Å². The Hall–Kier alpha value is -0.960. The highest BCUT2D eigenvalue weighted by atomic mass is 32.2. The standard InChI is InChI=1S/C18H32N4O3S/c1-3-21-17(9-10-20-21)18-15(7-6-12-25-18)13-19-14-16-8-4-5-11-22(16)26(2,23)24/h9-10,15-16,18-19H,3-8,11-14H2,1-2H3/t15-,16?,18+/m0/s1. The van der Waals surface area contributed by atoms with Gasteiger partial charge in [-0.25, -0.2) is 8.42 Å². The zero-order valence-electron chi connectivity index (χ0n) is 15.9. The Kier molecular flexibility index (Phi) is 6.71. The fourth-order valence-electron chi connectivity index (χ4n) is 4.28. The van der Waals surface area contributed by atoms with Gasteiger partial charge in [-0.15, -0.1) is 0 Å². The molecular formula is C18H32N4O3S. The molecule has 0 bridgehead atoms. The quantitative estimate of drug-likeness (QED) is 0.775. The summed E-state index contributed by atoms with van der Waals surface area (Å²) in [4.78, 5) is 0. The first kappa shape index (κ1) is 19.8. The summed E-state index contributed by atoms with van der Waals surface area (Å²) in [7, 11) is -3.13. The number of piperidine rings is 1. The molecule has 0 saturated carbocycles. The molecule has 0 aliphatic carbocycles. The van der Waals surface area contributed by atoms with Gasteiger partial charge in [-0.05, 0) is 38.7 Å². The maximum absolute atomic E-state index is 12.0. The monoisotopic (exact) mass is 384 g/mol. The summed E-state index contributed by atoms with van der Waals surface area (Å²) in [5.74, 6) is 0.390. The van der Waals surface area contributed by atoms with E-state index in [-0.39, 0.29) is 12.1 Å². The molecule has 8 heteroatoms. The second kappa shape index (κ2) is 8.82. The van der Waals surface area contributed by atoms with E-state index in [1.807, 2.05) is 10.9 Å². The van der Waals surface area contributed by atoms with E-state index in [0.29, 0.717) is 19.0 Å². The van der Waals surface area contributed by atoms with Gasteiger partial charge in [-0.3, -0.25) is 4.68 Å². The van der Waals surface area contributed by atoms with Crippen molar-refractivity contribution in [2.75, 3.05) is 32.5 Å². The summed E-state index contributed by atoms with van der Waals surface area (Å²) in [6, 6.07) is 2.13. The highest BCUT2D eigenvalue weighted by Gasteiger charge is 2.32. The molecule has 3 heterocycles. The van der Waals surface area contributed by atoms with Gasteiger partial charge in [0.25, 0.3) is 0 Å². The molecule has 0 radical (unpaired) electrons. The lowest BCUT2D eigenvalue weighted by Gasteiger charge is -2.35. The van der Waals surface area contributed by atoms with Crippen molar-refractivity contribution in [1.82, 2.24) is 19.4 Å². The Morgan fingerprint density at radius 1 is 1.27 bits per heavy atom. The number of ether oxygens (including phenoxy) is 1. The molecule has 7 nitrogen and oxygen atoms in total. The van der Waals surface area contributed by atoms with Crippen LogP contribution in [-0.4, -0.2) is 61.0 Å². The first-order chi connectivity index (χ1) is 12.5. The predicted molar refractivity (Wildman–Crippen MR) is 101 cm³/mol. The molecule has 2 fully saturated rings. The maximum atomic E-state index is 12.0. The number of aromatic nitrogens is 2. The molecule has 2 aliphatic heterocycles. The Labute approximate surface area is 157 Å². The van der Waals surface area contributed by atoms with E-state index in [2.05, 4.69) is 23.4 Å². The lowest BCUT2D eigenvalue weighted by Crippen LogP contribution is -2.49. The van der Waals surface area contributed by atoms with E-state index in [1.54, 1.807) is 4.31 Å². The molecule has 148 valence electrons. The molecule has 0 spiro atoms. The lowest BCUT2D eigenvalue weighted by molar-refractivity contribution is -0.0329. The average Bonchev–Trinajstić information content (AvgIpc) is 3.10. The molecule has 26 heavy (non-hydrogen) atoms. The molecule has 3 atom stereocenters. The molecule has 1 unspecified atom stereocenters. The van der Waals surface area contributed by atoms with Gasteiger partial charge in [0.15, 0.2) is 0 Å². The van der Waals surface area contributed by atoms with Gasteiger partial charge in [-0.1, -0.05) is 6.42 Å². The van der Waals surface area contributed by atoms with Crippen molar-refractivity contribution < 1.29 is 13.2 Å². The van der Waals surface area contributed by atoms with Crippen LogP contribution in [0, 0.1) is 5.92 Å². The van der Waals surface area contributed by atoms with Gasteiger partial charge in [0.05, 0.1) is 11.9 Å². The van der Waals surface area contributed by atoms with Crippen molar-refractivity contribution in [2.45, 2.75) is 57.7 Å². The van der Waals surface area contributed by atoms with E-state index in [4.69, 9.17) is 4.74 Å². The summed E-state index contributed by atoms with van der Waals surface area (Å²) in [5.41, 5.74) is 1.15. The number of rotatable bonds is 7. The van der Waals surface area contributed by atoms with Crippen molar-refractivity contribution in [1.29, 1.82) is 0 Å². The third kappa shape index (κ3) is 4.65. The third-order valence-corrected chi connectivity index (χ3v) is 6.90. The zero-order valence-corrected chi connectivity index (χ0v) is 16.7. The third-order valence-electron chi connectivity index (χ3n) is 5.57. The van der Waals surface area contributed by atoms with Gasteiger partial charge in [0, 0.05) is 50.9 Å². The molecule has 1 aromatic heterocycles. The van der Waals surface area contributed by atoms with Gasteiger partial charge in [-0.2, -0.15) is 9.40 Å². The topological polar surface area (TPSA) is 76.5 Å². The molecular weight excluding hydrogens is 352 g/mol. The fourth-order valence-corrected chi connectivity index (χ4v) is 5.46. The van der Waals surface area contributed by atoms with E-state index in [9.17, 15) is 8.42 Å². The first-order valence-electron chi connectivity index (χ1n) is 9.81. The Morgan fingerprint density at radius 2 is 2.12 bits per heavy atom. The molecule has 0 amide bonds. The molecule has 1 N–H and O–H groups in total. The van der Waals surface area contributed by atoms with Crippen LogP contribution in [0.5, 0.6) is 0 Å². The van der Waals surface area contributed by atoms with Crippen LogP contribution >= 0.6 is 0 Å². The Bertz CT molecular complexity index is 676. The second-order valence-corrected chi connectivity index (χ2v) is 9.38. The summed E-state index contributed by atoms with van der Waals surface area (Å²) in [6.07, 6.45) is 8.42. The Morgan fingerprint density at radius 3 is 2.88 bits per heavy atom. The van der Waals surface area contributed by atoms with Crippen LogP contribution in [0.1, 0.15) is 50.8 Å². The minimum Gasteiger partial charge on any atom is -0.372 e. The van der Waals surface area contributed by atoms with E-state index in [1.165, 1.54) is 6.26 Å². The molecule has 1 aromatic rings. The number of hydrogen-bond acceptors (Lipinski definition) is 5. The van der Waals surface area contributed by atoms with Crippen molar-refractivity contribution >= 4 is 10.0 Å². The molecule has 2 saturated heterocycles. The highest BCUT2D eigenvalue weighted by Crippen LogP contribution is 2.33. The van der Waals surface area contributed by atoms with Crippen LogP contribution < -0.4 is 5.32 Å². The normalized spacial score (nSPS) is 28.3. The highest BCUT2D eigenvalue weighted by molar-refractivity contribution is 7.88. The largest absolute Gasteiger partial charge is 0.372 e. The number of nitrogens with one attached hydrogen (secondary N) is 1. The fraction of sp³-hybridized carbons (Fsp3) is 0.833. The van der Waals surface area contributed by atoms with Crippen molar-refractivity contribution in [2.24, 2.45) is 5.92 Å². The van der Waals surface area contributed by atoms with Crippen LogP contribution in [0.25, 0.3) is 0 Å². The first-order valence-corrected chi connectivity index (χ1v) is 11.7. The number of sulfonamides is 1. The molecule has 0 aromatic carbocycles. The molecule has 3 rings (SSSR count). The summed E-state index contributed by atoms with van der Waals surface area (Å²) in [5, 5.41) is 7.92. The minimum atomic E-state index is -3.13. The van der Waals surface area contributed by atoms with E-state index < -0.39 is 10.0 Å². The zero-order chi connectivity index (χ0) is 18.6. The number of nitrogens with zero attached hydrogens (tertiary/aromatic N) is 3. The summed E-state index contributed by atoms with van der Waals surface area (Å²) in [6.45, 7) is 5.93. The van der Waals surface area contributed by atoms with Crippen LogP contribution in [0.15, 0.2) is 12.3 Å². The van der Waals surface area contributed by atoms with Gasteiger partial charge in [0.2, 0.25) is 10.0 Å². The van der Waals surface area contributed by atoms with Crippen LogP contribution in [-0.2, 0) is 21.3 Å². The predicted octanol–water partition coefficient (Wildman–Crippen LogP) is 1.77. The SMILES string of the molecule is CCn1nccc1[C@@H]1OCCC[C@H]1CNCC1CCCCN1S(C)(=O)=O. The average molecular weight is 385 g/mol. The second-order valence-electron chi connectivity index (χ2n) is 7.45. The van der Waals surface area contributed by atoms with Gasteiger partial charge >= 0.3 is 0 Å². The number of aryl methyl sites for hydroxylation is 1. The summed E-state index contributed by atoms with van der Waals surface area (Å²) >= 11 is 0. The smallest absolute Gasteiger partial charge is 0.211 e. The summed E-state index contributed by atoms with van der Waals surface area (Å²) < 4.78 is 33.8. The van der Waals surface area contributed by atoms with E-state index in [0.717, 1.165) is 57.5 Å². The van der Waals surface area contributed by atoms with Crippen molar-refractivity contribution in [3.05, 3.63) is 18.0 Å². The van der Waals surface area contributed by atoms with Crippen LogP contribution in [0.2, 0.25) is 0 Å². The Balaban J connectivity index is 1.59. The maximum Gasteiger partial charge on any atom is 0.211 e. The lowest BCUT2D eigenvalue weighted by atomic mass is 9.91. The minimum absolute atomic E-state index is 0.0658. The van der Waals surface area contributed by atoms with Crippen molar-refractivity contribution in [3.8, 4) is 0 Å². The van der Waals surface area contributed by atoms with Gasteiger partial charge < -0.3 is 10.1 Å². The molecule has 2 aliphatic rings. The van der Waals surface area contributed by atoms with E-state index >= 15 is 0 Å². The van der Waals surface area contributed by atoms with Crippen molar-refractivity contribution in [3.63, 3.8) is 0 Å². The number of hydrogen-bond donors (Lipinski definition) is 1. The van der Waals surface area contributed by atoms with Gasteiger partial charge in [0.1, 0.15) is 6.10 Å².